The highest BCUT2D eigenvalue weighted by Crippen LogP contribution is 2.18. The number of hydrogen-bond donors (Lipinski definition) is 1. The van der Waals surface area contributed by atoms with Gasteiger partial charge in [0.25, 0.3) is 5.91 Å². The van der Waals surface area contributed by atoms with E-state index in [4.69, 9.17) is 4.74 Å². The smallest absolute Gasteiger partial charge is 0.263 e. The van der Waals surface area contributed by atoms with Crippen molar-refractivity contribution in [3.05, 3.63) is 48.4 Å². The zero-order chi connectivity index (χ0) is 17.6. The summed E-state index contributed by atoms with van der Waals surface area (Å²) in [6.07, 6.45) is 2.64. The van der Waals surface area contributed by atoms with Gasteiger partial charge in [0.15, 0.2) is 6.10 Å². The molecule has 25 heavy (non-hydrogen) atoms. The molecule has 3 rings (SSSR count). The summed E-state index contributed by atoms with van der Waals surface area (Å²) in [5.74, 6) is 0.644. The van der Waals surface area contributed by atoms with E-state index in [-0.39, 0.29) is 17.8 Å². The van der Waals surface area contributed by atoms with Crippen LogP contribution in [0.15, 0.2) is 42.6 Å². The summed E-state index contributed by atoms with van der Waals surface area (Å²) < 4.78 is 18.8. The van der Waals surface area contributed by atoms with Crippen LogP contribution in [0, 0.1) is 5.82 Å². The Kier molecular flexibility index (Phi) is 5.42. The Hall–Kier alpha value is -2.70. The Balaban J connectivity index is 1.49. The fourth-order valence-electron chi connectivity index (χ4n) is 2.88. The van der Waals surface area contributed by atoms with E-state index in [1.165, 1.54) is 12.1 Å². The number of anilines is 1. The number of rotatable bonds is 5. The maximum atomic E-state index is 13.2. The van der Waals surface area contributed by atoms with Gasteiger partial charge in [0.05, 0.1) is 0 Å². The third-order valence-electron chi connectivity index (χ3n) is 4.19. The molecule has 1 aliphatic heterocycles. The maximum Gasteiger partial charge on any atom is 0.263 e. The van der Waals surface area contributed by atoms with Crippen molar-refractivity contribution < 1.29 is 13.9 Å². The minimum Gasteiger partial charge on any atom is -0.481 e. The third kappa shape index (κ3) is 4.65. The summed E-state index contributed by atoms with van der Waals surface area (Å²) in [6.45, 7) is 2.98. The Bertz CT molecular complexity index is 705. The second-order valence-electron chi connectivity index (χ2n) is 6.07. The highest BCUT2D eigenvalue weighted by Gasteiger charge is 2.27. The second-order valence-corrected chi connectivity index (χ2v) is 6.07. The number of nitrogens with zero attached hydrogens (tertiary/aromatic N) is 3. The lowest BCUT2D eigenvalue weighted by Crippen LogP contribution is -2.47. The number of aromatic nitrogens is 2. The Morgan fingerprint density at radius 1 is 1.32 bits per heavy atom. The van der Waals surface area contributed by atoms with Gasteiger partial charge in [-0.25, -0.2) is 4.39 Å². The zero-order valence-electron chi connectivity index (χ0n) is 14.1. The van der Waals surface area contributed by atoms with E-state index in [1.807, 2.05) is 12.1 Å². The first-order chi connectivity index (χ1) is 12.1. The average molecular weight is 344 g/mol. The molecule has 6 nitrogen and oxygen atoms in total. The number of carbonyl (C=O) groups excluding carboxylic acids is 1. The van der Waals surface area contributed by atoms with Gasteiger partial charge < -0.3 is 15.0 Å². The van der Waals surface area contributed by atoms with E-state index in [0.717, 1.165) is 18.7 Å². The van der Waals surface area contributed by atoms with E-state index >= 15 is 0 Å². The molecular weight excluding hydrogens is 323 g/mol. The number of nitrogens with one attached hydrogen (secondary N) is 1. The minimum atomic E-state index is -0.647. The number of ether oxygens (including phenoxy) is 1. The fraction of sp³-hybridized carbons (Fsp3) is 0.389. The minimum absolute atomic E-state index is 0.0813. The highest BCUT2D eigenvalue weighted by atomic mass is 19.1. The number of piperidine rings is 1. The topological polar surface area (TPSA) is 67.3 Å². The molecule has 0 radical (unpaired) electrons. The molecule has 2 aromatic rings. The molecule has 132 valence electrons. The predicted molar refractivity (Wildman–Crippen MR) is 91.7 cm³/mol. The van der Waals surface area contributed by atoms with Gasteiger partial charge >= 0.3 is 0 Å². The molecule has 0 unspecified atom stereocenters. The van der Waals surface area contributed by atoms with Crippen molar-refractivity contribution in [2.45, 2.75) is 31.9 Å². The first-order valence-electron chi connectivity index (χ1n) is 8.37. The standard InChI is InChI=1S/C18H21FN4O2/c1-13(25-16-5-2-4-14(19)12-16)18(24)23-10-7-15(8-11-23)21-17-6-3-9-20-22-17/h2-6,9,12-13,15H,7-8,10-11H2,1H3,(H,21,22)/t13-/m1/s1. The number of hydrogen-bond acceptors (Lipinski definition) is 5. The molecule has 1 aromatic heterocycles. The SMILES string of the molecule is C[C@@H](Oc1cccc(F)c1)C(=O)N1CCC(Nc2cccnn2)CC1. The molecule has 1 amide bonds. The van der Waals surface area contributed by atoms with Crippen molar-refractivity contribution in [2.75, 3.05) is 18.4 Å². The van der Waals surface area contributed by atoms with Crippen LogP contribution in [-0.4, -0.2) is 46.2 Å². The molecule has 0 bridgehead atoms. The highest BCUT2D eigenvalue weighted by molar-refractivity contribution is 5.81. The van der Waals surface area contributed by atoms with Crippen molar-refractivity contribution in [1.82, 2.24) is 15.1 Å². The van der Waals surface area contributed by atoms with Gasteiger partial charge in [-0.1, -0.05) is 6.07 Å². The normalized spacial score (nSPS) is 16.3. The number of halogens is 1. The molecule has 1 N–H and O–H groups in total. The first-order valence-corrected chi connectivity index (χ1v) is 8.37. The second kappa shape index (κ2) is 7.92. The molecule has 1 atom stereocenters. The van der Waals surface area contributed by atoms with Crippen LogP contribution in [0.1, 0.15) is 19.8 Å². The molecule has 0 saturated carbocycles. The van der Waals surface area contributed by atoms with E-state index in [2.05, 4.69) is 15.5 Å². The van der Waals surface area contributed by atoms with Crippen LogP contribution < -0.4 is 10.1 Å². The molecule has 1 fully saturated rings. The van der Waals surface area contributed by atoms with Crippen LogP contribution in [-0.2, 0) is 4.79 Å². The van der Waals surface area contributed by atoms with Crippen LogP contribution in [0.4, 0.5) is 10.2 Å². The average Bonchev–Trinajstić information content (AvgIpc) is 2.62. The van der Waals surface area contributed by atoms with Crippen molar-refractivity contribution in [3.63, 3.8) is 0 Å². The molecule has 1 saturated heterocycles. The summed E-state index contributed by atoms with van der Waals surface area (Å²) in [6, 6.07) is 9.80. The summed E-state index contributed by atoms with van der Waals surface area (Å²) in [4.78, 5) is 14.3. The van der Waals surface area contributed by atoms with Gasteiger partial charge in [-0.05, 0) is 44.0 Å². The van der Waals surface area contributed by atoms with Crippen molar-refractivity contribution in [1.29, 1.82) is 0 Å². The van der Waals surface area contributed by atoms with Crippen molar-refractivity contribution in [2.24, 2.45) is 0 Å². The third-order valence-corrected chi connectivity index (χ3v) is 4.19. The van der Waals surface area contributed by atoms with Gasteiger partial charge in [0.2, 0.25) is 0 Å². The number of amides is 1. The fourth-order valence-corrected chi connectivity index (χ4v) is 2.88. The molecule has 1 aliphatic rings. The van der Waals surface area contributed by atoms with Crippen LogP contribution in [0.25, 0.3) is 0 Å². The molecule has 2 heterocycles. The van der Waals surface area contributed by atoms with Gasteiger partial charge in [-0.3, -0.25) is 4.79 Å². The zero-order valence-corrected chi connectivity index (χ0v) is 14.1. The van der Waals surface area contributed by atoms with Gasteiger partial charge in [-0.2, -0.15) is 5.10 Å². The van der Waals surface area contributed by atoms with Crippen LogP contribution in [0.2, 0.25) is 0 Å². The predicted octanol–water partition coefficient (Wildman–Crippen LogP) is 2.49. The van der Waals surface area contributed by atoms with Crippen LogP contribution in [0.5, 0.6) is 5.75 Å². The van der Waals surface area contributed by atoms with Crippen molar-refractivity contribution in [3.8, 4) is 5.75 Å². The van der Waals surface area contributed by atoms with Gasteiger partial charge in [-0.15, -0.1) is 5.10 Å². The number of benzene rings is 1. The molecule has 7 heteroatoms. The first kappa shape index (κ1) is 17.1. The lowest BCUT2D eigenvalue weighted by molar-refractivity contribution is -0.138. The summed E-state index contributed by atoms with van der Waals surface area (Å²) in [5, 5.41) is 11.2. The molecule has 1 aromatic carbocycles. The number of likely N-dealkylation sites (tertiary alicyclic amines) is 1. The Labute approximate surface area is 146 Å². The monoisotopic (exact) mass is 344 g/mol. The van der Waals surface area contributed by atoms with Crippen LogP contribution in [0.3, 0.4) is 0 Å². The van der Waals surface area contributed by atoms with Crippen LogP contribution >= 0.6 is 0 Å². The quantitative estimate of drug-likeness (QED) is 0.903. The largest absolute Gasteiger partial charge is 0.481 e. The molecule has 0 aliphatic carbocycles. The van der Waals surface area contributed by atoms with Gasteiger partial charge in [0.1, 0.15) is 17.4 Å². The molecular formula is C18H21FN4O2. The Morgan fingerprint density at radius 2 is 2.12 bits per heavy atom. The van der Waals surface area contributed by atoms with Crippen molar-refractivity contribution >= 4 is 11.7 Å². The van der Waals surface area contributed by atoms with E-state index in [1.54, 1.807) is 30.2 Å². The summed E-state index contributed by atoms with van der Waals surface area (Å²) in [7, 11) is 0. The number of carbonyl (C=O) groups is 1. The summed E-state index contributed by atoms with van der Waals surface area (Å²) >= 11 is 0. The molecule has 0 spiro atoms. The maximum absolute atomic E-state index is 13.2. The van der Waals surface area contributed by atoms with E-state index < -0.39 is 6.10 Å². The van der Waals surface area contributed by atoms with E-state index in [9.17, 15) is 9.18 Å². The Morgan fingerprint density at radius 3 is 2.80 bits per heavy atom. The summed E-state index contributed by atoms with van der Waals surface area (Å²) in [5.41, 5.74) is 0. The van der Waals surface area contributed by atoms with E-state index in [0.29, 0.717) is 18.8 Å². The van der Waals surface area contributed by atoms with Gasteiger partial charge in [0, 0.05) is 31.4 Å². The lowest BCUT2D eigenvalue weighted by Gasteiger charge is -2.34. The lowest BCUT2D eigenvalue weighted by atomic mass is 10.0.